The van der Waals surface area contributed by atoms with Crippen LogP contribution in [0.25, 0.3) is 11.2 Å². The fourth-order valence-corrected chi connectivity index (χ4v) is 7.42. The van der Waals surface area contributed by atoms with E-state index in [1.54, 1.807) is 18.7 Å². The normalized spacial score (nSPS) is 20.8. The summed E-state index contributed by atoms with van der Waals surface area (Å²) < 4.78 is 1.82. The van der Waals surface area contributed by atoms with Gasteiger partial charge in [0.2, 0.25) is 5.95 Å². The molecule has 286 valence electrons. The summed E-state index contributed by atoms with van der Waals surface area (Å²) in [6, 6.07) is 22.9. The molecule has 2 aliphatic rings. The number of amides is 2. The molecule has 1 saturated heterocycles. The molecule has 16 nitrogen and oxygen atoms in total. The Bertz CT molecular complexity index is 2130. The highest BCUT2D eigenvalue weighted by Crippen LogP contribution is 2.40. The molecule has 0 unspecified atom stereocenters. The van der Waals surface area contributed by atoms with E-state index in [2.05, 4.69) is 60.6 Å². The predicted octanol–water partition coefficient (Wildman–Crippen LogP) is 3.42. The minimum Gasteiger partial charge on any atom is -0.388 e. The van der Waals surface area contributed by atoms with E-state index in [0.29, 0.717) is 74.2 Å². The first-order valence-electron chi connectivity index (χ1n) is 18.4. The summed E-state index contributed by atoms with van der Waals surface area (Å²) in [7, 11) is 0. The summed E-state index contributed by atoms with van der Waals surface area (Å²) in [6.45, 7) is 3.95. The SMILES string of the molecule is CCc1nnn([C@H]2C[C@@H](n3cnc4c(NCC(c5ccccc5)c5ccccc5)nc(N5CC[C@@H](NC(=O)NCc6cccnc6)C5)nc43)[C@H](O)[C@@H]2O)n1.Cl. The Balaban J connectivity index is 0.00000465. The first-order valence-corrected chi connectivity index (χ1v) is 18.4. The van der Waals surface area contributed by atoms with Crippen LogP contribution in [0.5, 0.6) is 0 Å². The van der Waals surface area contributed by atoms with Crippen LogP contribution in [0.4, 0.5) is 16.6 Å². The van der Waals surface area contributed by atoms with Gasteiger partial charge in [-0.15, -0.1) is 22.6 Å². The van der Waals surface area contributed by atoms with Crippen LogP contribution in [0.1, 0.15) is 60.3 Å². The Hall–Kier alpha value is -5.71. The summed E-state index contributed by atoms with van der Waals surface area (Å²) >= 11 is 0. The maximum Gasteiger partial charge on any atom is 0.315 e. The van der Waals surface area contributed by atoms with Crippen LogP contribution in [0.15, 0.2) is 91.5 Å². The van der Waals surface area contributed by atoms with Gasteiger partial charge in [-0.2, -0.15) is 14.8 Å². The maximum absolute atomic E-state index is 12.8. The number of carbonyl (C=O) groups is 1. The van der Waals surface area contributed by atoms with Gasteiger partial charge in [0.15, 0.2) is 22.8 Å². The molecule has 1 saturated carbocycles. The van der Waals surface area contributed by atoms with Crippen molar-refractivity contribution in [3.8, 4) is 0 Å². The van der Waals surface area contributed by atoms with Crippen molar-refractivity contribution in [2.45, 2.75) is 69.0 Å². The number of halogens is 1. The van der Waals surface area contributed by atoms with Crippen LogP contribution in [-0.2, 0) is 13.0 Å². The second-order valence-corrected chi connectivity index (χ2v) is 13.8. The fraction of sp³-hybridized carbons (Fsp3) is 0.368. The summed E-state index contributed by atoms with van der Waals surface area (Å²) in [6.07, 6.45) is 4.45. The number of hydrogen-bond acceptors (Lipinski definition) is 12. The smallest absolute Gasteiger partial charge is 0.315 e. The van der Waals surface area contributed by atoms with E-state index in [1.807, 2.05) is 64.9 Å². The minimum atomic E-state index is -1.13. The van der Waals surface area contributed by atoms with Crippen molar-refractivity contribution in [1.29, 1.82) is 0 Å². The summed E-state index contributed by atoms with van der Waals surface area (Å²) in [5.41, 5.74) is 4.28. The molecule has 5 atom stereocenters. The van der Waals surface area contributed by atoms with Crippen molar-refractivity contribution in [3.05, 3.63) is 114 Å². The van der Waals surface area contributed by atoms with Crippen molar-refractivity contribution in [3.63, 3.8) is 0 Å². The third-order valence-electron chi connectivity index (χ3n) is 10.3. The van der Waals surface area contributed by atoms with Crippen molar-refractivity contribution >= 4 is 41.4 Å². The Morgan fingerprint density at radius 1 is 0.964 bits per heavy atom. The van der Waals surface area contributed by atoms with Gasteiger partial charge in [-0.3, -0.25) is 4.98 Å². The number of anilines is 2. The molecule has 8 rings (SSSR count). The first-order chi connectivity index (χ1) is 26.4. The molecule has 5 N–H and O–H groups in total. The molecule has 0 spiro atoms. The van der Waals surface area contributed by atoms with Crippen LogP contribution in [0.3, 0.4) is 0 Å². The van der Waals surface area contributed by atoms with E-state index >= 15 is 0 Å². The number of nitrogens with one attached hydrogen (secondary N) is 3. The third kappa shape index (κ3) is 8.06. The molecule has 2 amide bonds. The molecule has 5 heterocycles. The van der Waals surface area contributed by atoms with E-state index in [4.69, 9.17) is 15.0 Å². The lowest BCUT2D eigenvalue weighted by Gasteiger charge is -2.22. The van der Waals surface area contributed by atoms with Crippen molar-refractivity contribution in [1.82, 2.24) is 55.3 Å². The van der Waals surface area contributed by atoms with E-state index in [-0.39, 0.29) is 30.4 Å². The standard InChI is InChI=1S/C38H43N13O3.ClH/c1-2-31-46-48-51(47-31)30-18-29(33(52)34(30)53)50-23-42-32-35(40-21-28(25-11-5-3-6-12-25)26-13-7-4-8-14-26)44-37(45-36(32)50)49-17-15-27(22-49)43-38(54)41-20-24-10-9-16-39-19-24;/h3-14,16,19,23,27-30,33-34,52-53H,2,15,17-18,20-22H2,1H3,(H,40,44,45)(H2,41,43,54);1H/t27-,29-,30+,33+,34-;/m1./s1. The Morgan fingerprint density at radius 2 is 1.71 bits per heavy atom. The molecule has 2 fully saturated rings. The van der Waals surface area contributed by atoms with E-state index in [0.717, 1.165) is 16.7 Å². The number of tetrazole rings is 1. The van der Waals surface area contributed by atoms with Gasteiger partial charge in [0, 0.05) is 57.0 Å². The van der Waals surface area contributed by atoms with Gasteiger partial charge < -0.3 is 35.6 Å². The summed E-state index contributed by atoms with van der Waals surface area (Å²) in [5, 5.41) is 44.8. The number of aliphatic hydroxyl groups is 2. The molecule has 0 radical (unpaired) electrons. The van der Waals surface area contributed by atoms with Gasteiger partial charge in [0.05, 0.1) is 12.4 Å². The lowest BCUT2D eigenvalue weighted by atomic mass is 9.91. The zero-order valence-corrected chi connectivity index (χ0v) is 31.1. The van der Waals surface area contributed by atoms with Crippen LogP contribution < -0.4 is 20.9 Å². The number of aromatic nitrogens is 9. The van der Waals surface area contributed by atoms with E-state index in [9.17, 15) is 15.0 Å². The summed E-state index contributed by atoms with van der Waals surface area (Å²) in [4.78, 5) is 35.2. The molecule has 6 aromatic rings. The number of nitrogens with zero attached hydrogens (tertiary/aromatic N) is 10. The zero-order valence-electron chi connectivity index (χ0n) is 30.3. The molecule has 1 aliphatic heterocycles. The Kier molecular flexibility index (Phi) is 11.5. The number of imidazole rings is 1. The van der Waals surface area contributed by atoms with E-state index < -0.39 is 24.3 Å². The van der Waals surface area contributed by atoms with Crippen molar-refractivity contribution in [2.24, 2.45) is 0 Å². The molecular formula is C38H44ClN13O3. The van der Waals surface area contributed by atoms with Gasteiger partial charge in [-0.1, -0.05) is 73.7 Å². The molecule has 2 aromatic carbocycles. The summed E-state index contributed by atoms with van der Waals surface area (Å²) in [5.74, 6) is 1.60. The second-order valence-electron chi connectivity index (χ2n) is 13.8. The van der Waals surface area contributed by atoms with Crippen LogP contribution in [-0.4, -0.2) is 98.8 Å². The predicted molar refractivity (Wildman–Crippen MR) is 208 cm³/mol. The zero-order chi connectivity index (χ0) is 37.0. The van der Waals surface area contributed by atoms with Gasteiger partial charge in [0.25, 0.3) is 0 Å². The van der Waals surface area contributed by atoms with E-state index in [1.165, 1.54) is 4.80 Å². The van der Waals surface area contributed by atoms with Crippen LogP contribution in [0, 0.1) is 0 Å². The molecule has 0 bridgehead atoms. The Morgan fingerprint density at radius 3 is 2.40 bits per heavy atom. The number of carbonyl (C=O) groups excluding carboxylic acids is 1. The number of benzene rings is 2. The van der Waals surface area contributed by atoms with Gasteiger partial charge in [0.1, 0.15) is 18.2 Å². The number of urea groups is 1. The fourth-order valence-electron chi connectivity index (χ4n) is 7.42. The lowest BCUT2D eigenvalue weighted by molar-refractivity contribution is 0.00473. The van der Waals surface area contributed by atoms with Gasteiger partial charge >= 0.3 is 6.03 Å². The minimum absolute atomic E-state index is 0. The quantitative estimate of drug-likeness (QED) is 0.122. The highest BCUT2D eigenvalue weighted by molar-refractivity contribution is 5.85. The van der Waals surface area contributed by atoms with Crippen molar-refractivity contribution in [2.75, 3.05) is 29.9 Å². The average Bonchev–Trinajstić information content (AvgIpc) is 4.03. The number of pyridine rings is 1. The first kappa shape index (κ1) is 37.6. The molecule has 1 aliphatic carbocycles. The highest BCUT2D eigenvalue weighted by Gasteiger charge is 2.45. The highest BCUT2D eigenvalue weighted by atomic mass is 35.5. The molecule has 55 heavy (non-hydrogen) atoms. The van der Waals surface area contributed by atoms with Gasteiger partial charge in [-0.05, 0) is 40.8 Å². The number of aryl methyl sites for hydroxylation is 1. The van der Waals surface area contributed by atoms with Gasteiger partial charge in [-0.25, -0.2) is 9.78 Å². The number of aliphatic hydroxyl groups excluding tert-OH is 2. The average molecular weight is 766 g/mol. The van der Waals surface area contributed by atoms with Crippen LogP contribution >= 0.6 is 12.4 Å². The largest absolute Gasteiger partial charge is 0.388 e. The molecular weight excluding hydrogens is 722 g/mol. The number of hydrogen-bond donors (Lipinski definition) is 5. The van der Waals surface area contributed by atoms with Crippen molar-refractivity contribution < 1.29 is 15.0 Å². The maximum atomic E-state index is 12.8. The van der Waals surface area contributed by atoms with Crippen LogP contribution in [0.2, 0.25) is 0 Å². The third-order valence-corrected chi connectivity index (χ3v) is 10.3. The number of fused-ring (bicyclic) bond motifs is 1. The monoisotopic (exact) mass is 765 g/mol. The molecule has 17 heteroatoms. The molecule has 4 aromatic heterocycles. The topological polar surface area (TPSA) is 197 Å². The lowest BCUT2D eigenvalue weighted by Crippen LogP contribution is -2.43. The number of rotatable bonds is 12. The second kappa shape index (κ2) is 16.8. The Labute approximate surface area is 323 Å².